The molecule has 2 fully saturated rings. The van der Waals surface area contributed by atoms with Gasteiger partial charge in [0.25, 0.3) is 0 Å². The van der Waals surface area contributed by atoms with Crippen LogP contribution in [0.5, 0.6) is 0 Å². The van der Waals surface area contributed by atoms with E-state index < -0.39 is 0 Å². The molecule has 2 atom stereocenters. The zero-order valence-electron chi connectivity index (χ0n) is 15.7. The van der Waals surface area contributed by atoms with Crippen molar-refractivity contribution in [2.75, 3.05) is 33.4 Å². The Labute approximate surface area is 162 Å². The van der Waals surface area contributed by atoms with Crippen LogP contribution in [0.4, 0.5) is 0 Å². The number of ether oxygens (including phenoxy) is 1. The van der Waals surface area contributed by atoms with Crippen molar-refractivity contribution >= 4 is 18.3 Å². The van der Waals surface area contributed by atoms with Gasteiger partial charge in [-0.25, -0.2) is 0 Å². The summed E-state index contributed by atoms with van der Waals surface area (Å²) in [6, 6.07) is 8.75. The SMILES string of the molecule is COCC1(CNC(=O)C2CC23CCCc2ccccc23)CCNCC1.Cl. The van der Waals surface area contributed by atoms with Gasteiger partial charge in [0.15, 0.2) is 0 Å². The zero-order chi connectivity index (χ0) is 17.3. The summed E-state index contributed by atoms with van der Waals surface area (Å²) in [4.78, 5) is 12.9. The molecule has 1 amide bonds. The molecule has 1 saturated carbocycles. The Kier molecular flexibility index (Phi) is 5.95. The number of carbonyl (C=O) groups is 1. The first-order chi connectivity index (χ1) is 12.2. The maximum atomic E-state index is 12.9. The molecule has 5 heteroatoms. The third-order valence-corrected chi connectivity index (χ3v) is 6.77. The topological polar surface area (TPSA) is 50.4 Å². The number of carbonyl (C=O) groups excluding carboxylic acids is 1. The number of benzene rings is 1. The number of halogens is 1. The van der Waals surface area contributed by atoms with E-state index in [1.165, 1.54) is 17.5 Å². The van der Waals surface area contributed by atoms with Gasteiger partial charge in [-0.05, 0) is 62.7 Å². The summed E-state index contributed by atoms with van der Waals surface area (Å²) in [5.74, 6) is 0.418. The number of methoxy groups -OCH3 is 1. The van der Waals surface area contributed by atoms with Crippen LogP contribution < -0.4 is 10.6 Å². The van der Waals surface area contributed by atoms with Gasteiger partial charge in [-0.1, -0.05) is 24.3 Å². The molecule has 1 heterocycles. The van der Waals surface area contributed by atoms with Crippen LogP contribution >= 0.6 is 12.4 Å². The molecule has 1 spiro atoms. The summed E-state index contributed by atoms with van der Waals surface area (Å²) < 4.78 is 5.47. The molecule has 0 bridgehead atoms. The number of amides is 1. The van der Waals surface area contributed by atoms with E-state index in [1.807, 2.05) is 0 Å². The molecular weight excluding hydrogens is 348 g/mol. The zero-order valence-corrected chi connectivity index (χ0v) is 16.5. The molecule has 1 aliphatic heterocycles. The smallest absolute Gasteiger partial charge is 0.224 e. The van der Waals surface area contributed by atoms with Crippen LogP contribution in [-0.4, -0.2) is 39.3 Å². The Morgan fingerprint density at radius 3 is 2.81 bits per heavy atom. The van der Waals surface area contributed by atoms with E-state index in [0.717, 1.165) is 58.3 Å². The first-order valence-corrected chi connectivity index (χ1v) is 9.75. The van der Waals surface area contributed by atoms with E-state index >= 15 is 0 Å². The molecule has 2 unspecified atom stereocenters. The molecule has 0 radical (unpaired) electrons. The molecule has 2 aliphatic carbocycles. The molecule has 0 aromatic heterocycles. The summed E-state index contributed by atoms with van der Waals surface area (Å²) >= 11 is 0. The average molecular weight is 379 g/mol. The van der Waals surface area contributed by atoms with Crippen molar-refractivity contribution in [2.45, 2.75) is 43.9 Å². The van der Waals surface area contributed by atoms with Crippen LogP contribution in [0.3, 0.4) is 0 Å². The molecular formula is C21H31ClN2O2. The van der Waals surface area contributed by atoms with Crippen LogP contribution in [0.2, 0.25) is 0 Å². The Morgan fingerprint density at radius 2 is 2.04 bits per heavy atom. The minimum absolute atomic E-state index is 0. The van der Waals surface area contributed by atoms with Crippen molar-refractivity contribution in [3.8, 4) is 0 Å². The number of rotatable bonds is 5. The lowest BCUT2D eigenvalue weighted by atomic mass is 9.78. The Hall–Kier alpha value is -1.10. The van der Waals surface area contributed by atoms with Crippen LogP contribution in [0, 0.1) is 11.3 Å². The van der Waals surface area contributed by atoms with Gasteiger partial charge in [0.2, 0.25) is 5.91 Å². The van der Waals surface area contributed by atoms with Gasteiger partial charge in [0.05, 0.1) is 6.61 Å². The fraction of sp³-hybridized carbons (Fsp3) is 0.667. The summed E-state index contributed by atoms with van der Waals surface area (Å²) in [5, 5.41) is 6.71. The average Bonchev–Trinajstić information content (AvgIpc) is 3.36. The second kappa shape index (κ2) is 7.87. The highest BCUT2D eigenvalue weighted by Crippen LogP contribution is 2.60. The number of aryl methyl sites for hydroxylation is 1. The normalized spacial score (nSPS) is 28.7. The molecule has 144 valence electrons. The van der Waals surface area contributed by atoms with Crippen LogP contribution in [0.1, 0.15) is 43.2 Å². The number of nitrogens with one attached hydrogen (secondary N) is 2. The monoisotopic (exact) mass is 378 g/mol. The van der Waals surface area contributed by atoms with E-state index in [2.05, 4.69) is 34.9 Å². The van der Waals surface area contributed by atoms with Crippen molar-refractivity contribution in [3.63, 3.8) is 0 Å². The minimum atomic E-state index is 0. The fourth-order valence-electron chi connectivity index (χ4n) is 5.21. The van der Waals surface area contributed by atoms with Gasteiger partial charge in [-0.3, -0.25) is 4.79 Å². The van der Waals surface area contributed by atoms with Crippen molar-refractivity contribution in [3.05, 3.63) is 35.4 Å². The third kappa shape index (κ3) is 3.51. The van der Waals surface area contributed by atoms with Crippen molar-refractivity contribution in [1.29, 1.82) is 0 Å². The molecule has 4 rings (SSSR count). The molecule has 4 nitrogen and oxygen atoms in total. The number of hydrogen-bond donors (Lipinski definition) is 2. The lowest BCUT2D eigenvalue weighted by molar-refractivity contribution is -0.123. The second-order valence-corrected chi connectivity index (χ2v) is 8.32. The molecule has 1 aromatic carbocycles. The van der Waals surface area contributed by atoms with Crippen LogP contribution in [-0.2, 0) is 21.4 Å². The fourth-order valence-corrected chi connectivity index (χ4v) is 5.21. The number of fused-ring (bicyclic) bond motifs is 2. The van der Waals surface area contributed by atoms with Crippen molar-refractivity contribution in [1.82, 2.24) is 10.6 Å². The molecule has 3 aliphatic rings. The third-order valence-electron chi connectivity index (χ3n) is 6.77. The lowest BCUT2D eigenvalue weighted by Crippen LogP contribution is -2.47. The molecule has 1 saturated heterocycles. The van der Waals surface area contributed by atoms with Crippen molar-refractivity contribution < 1.29 is 9.53 Å². The maximum absolute atomic E-state index is 12.9. The van der Waals surface area contributed by atoms with E-state index in [9.17, 15) is 4.79 Å². The Bertz CT molecular complexity index is 639. The maximum Gasteiger partial charge on any atom is 0.224 e. The van der Waals surface area contributed by atoms with E-state index in [4.69, 9.17) is 4.74 Å². The van der Waals surface area contributed by atoms with Gasteiger partial charge in [0, 0.05) is 30.4 Å². The predicted molar refractivity (Wildman–Crippen MR) is 106 cm³/mol. The molecule has 2 N–H and O–H groups in total. The Balaban J connectivity index is 0.00000196. The largest absolute Gasteiger partial charge is 0.384 e. The van der Waals surface area contributed by atoms with Crippen molar-refractivity contribution in [2.24, 2.45) is 11.3 Å². The van der Waals surface area contributed by atoms with E-state index in [0.29, 0.717) is 0 Å². The summed E-state index contributed by atoms with van der Waals surface area (Å²) in [5.41, 5.74) is 3.12. The first-order valence-electron chi connectivity index (χ1n) is 9.75. The standard InChI is InChI=1S/C21H30N2O2.ClH/c1-25-15-20(9-11-22-12-10-20)14-23-19(24)18-13-21(18)8-4-6-16-5-2-3-7-17(16)21;/h2-3,5,7,18,22H,4,6,8-15H2,1H3,(H,23,24);1H. The summed E-state index contributed by atoms with van der Waals surface area (Å²) in [7, 11) is 1.76. The summed E-state index contributed by atoms with van der Waals surface area (Å²) in [6.07, 6.45) is 6.69. The Morgan fingerprint density at radius 1 is 1.27 bits per heavy atom. The van der Waals surface area contributed by atoms with Gasteiger partial charge in [-0.15, -0.1) is 12.4 Å². The quantitative estimate of drug-likeness (QED) is 0.828. The van der Waals surface area contributed by atoms with Gasteiger partial charge in [0.1, 0.15) is 0 Å². The van der Waals surface area contributed by atoms with Gasteiger partial charge >= 0.3 is 0 Å². The second-order valence-electron chi connectivity index (χ2n) is 8.32. The van der Waals surface area contributed by atoms with Gasteiger partial charge < -0.3 is 15.4 Å². The van der Waals surface area contributed by atoms with Crippen LogP contribution in [0.25, 0.3) is 0 Å². The number of piperidine rings is 1. The number of hydrogen-bond acceptors (Lipinski definition) is 3. The first kappa shape index (κ1) is 19.7. The highest BCUT2D eigenvalue weighted by atomic mass is 35.5. The summed E-state index contributed by atoms with van der Waals surface area (Å²) in [6.45, 7) is 3.50. The van der Waals surface area contributed by atoms with Gasteiger partial charge in [-0.2, -0.15) is 0 Å². The molecule has 1 aromatic rings. The lowest BCUT2D eigenvalue weighted by Gasteiger charge is -2.37. The predicted octanol–water partition coefficient (Wildman–Crippen LogP) is 2.83. The van der Waals surface area contributed by atoms with E-state index in [1.54, 1.807) is 7.11 Å². The van der Waals surface area contributed by atoms with E-state index in [-0.39, 0.29) is 35.1 Å². The van der Waals surface area contributed by atoms with Crippen LogP contribution in [0.15, 0.2) is 24.3 Å². The highest BCUT2D eigenvalue weighted by molar-refractivity contribution is 5.85. The minimum Gasteiger partial charge on any atom is -0.384 e. The molecule has 26 heavy (non-hydrogen) atoms. The highest BCUT2D eigenvalue weighted by Gasteiger charge is 2.60.